The third-order valence-electron chi connectivity index (χ3n) is 4.41. The zero-order valence-corrected chi connectivity index (χ0v) is 16.0. The van der Waals surface area contributed by atoms with Crippen molar-refractivity contribution < 1.29 is 17.6 Å². The number of anilines is 2. The summed E-state index contributed by atoms with van der Waals surface area (Å²) in [5.74, 6) is -1.26. The fourth-order valence-corrected chi connectivity index (χ4v) is 4.98. The number of carbonyl (C=O) groups excluding carboxylic acids is 1. The Morgan fingerprint density at radius 2 is 1.71 bits per heavy atom. The zero-order chi connectivity index (χ0) is 19.9. The second-order valence-electron chi connectivity index (χ2n) is 6.20. The maximum Gasteiger partial charge on any atom is 0.265 e. The first-order chi connectivity index (χ1) is 13.4. The highest BCUT2D eigenvalue weighted by Gasteiger charge is 2.36. The van der Waals surface area contributed by atoms with E-state index >= 15 is 0 Å². The molecule has 0 aliphatic carbocycles. The molecule has 0 radical (unpaired) electrons. The predicted molar refractivity (Wildman–Crippen MR) is 106 cm³/mol. The molecule has 0 spiro atoms. The van der Waals surface area contributed by atoms with Gasteiger partial charge in [-0.1, -0.05) is 41.9 Å². The normalized spacial score (nSPS) is 14.1. The van der Waals surface area contributed by atoms with Gasteiger partial charge in [0.25, 0.3) is 10.0 Å². The molecule has 5 nitrogen and oxygen atoms in total. The number of hydrogen-bond acceptors (Lipinski definition) is 3. The quantitative estimate of drug-likeness (QED) is 0.692. The third-order valence-corrected chi connectivity index (χ3v) is 6.46. The van der Waals surface area contributed by atoms with E-state index in [1.165, 1.54) is 24.3 Å². The number of hydrogen-bond donors (Lipinski definition) is 1. The Hall–Kier alpha value is -2.90. The molecule has 1 aliphatic rings. The molecule has 0 atom stereocenters. The van der Waals surface area contributed by atoms with Crippen molar-refractivity contribution in [2.45, 2.75) is 4.90 Å². The number of carbonyl (C=O) groups is 1. The Bertz CT molecular complexity index is 1200. The molecule has 0 bridgehead atoms. The summed E-state index contributed by atoms with van der Waals surface area (Å²) in [6, 6.07) is 17.0. The minimum atomic E-state index is -3.97. The standard InChI is InChI=1S/C20H14ClFN2O3S/c21-13-9-10-18-15(11-13)14-5-1-4-8-19(14)28(26,27)24(18)12-20(25)23-17-7-3-2-6-16(17)22/h1-11H,12H2,(H,23,25). The first kappa shape index (κ1) is 18.5. The highest BCUT2D eigenvalue weighted by atomic mass is 35.5. The van der Waals surface area contributed by atoms with Gasteiger partial charge in [0.15, 0.2) is 0 Å². The fourth-order valence-electron chi connectivity index (χ4n) is 3.16. The van der Waals surface area contributed by atoms with Crippen LogP contribution in [-0.4, -0.2) is 20.9 Å². The Kier molecular flexibility index (Phi) is 4.56. The average molecular weight is 417 g/mol. The topological polar surface area (TPSA) is 66.5 Å². The Balaban J connectivity index is 1.75. The van der Waals surface area contributed by atoms with Gasteiger partial charge in [0, 0.05) is 16.1 Å². The van der Waals surface area contributed by atoms with E-state index in [9.17, 15) is 17.6 Å². The fraction of sp³-hybridized carbons (Fsp3) is 0.0500. The molecule has 3 aromatic carbocycles. The molecular formula is C20H14ClFN2O3S. The average Bonchev–Trinajstić information content (AvgIpc) is 2.67. The molecular weight excluding hydrogens is 403 g/mol. The van der Waals surface area contributed by atoms with Gasteiger partial charge in [-0.2, -0.15) is 0 Å². The highest BCUT2D eigenvalue weighted by Crippen LogP contribution is 2.43. The van der Waals surface area contributed by atoms with Crippen LogP contribution in [-0.2, 0) is 14.8 Å². The zero-order valence-electron chi connectivity index (χ0n) is 14.4. The highest BCUT2D eigenvalue weighted by molar-refractivity contribution is 7.93. The van der Waals surface area contributed by atoms with Gasteiger partial charge in [-0.15, -0.1) is 0 Å². The molecule has 28 heavy (non-hydrogen) atoms. The van der Waals surface area contributed by atoms with Gasteiger partial charge in [-0.05, 0) is 36.4 Å². The lowest BCUT2D eigenvalue weighted by Gasteiger charge is -2.31. The molecule has 4 rings (SSSR count). The van der Waals surface area contributed by atoms with Crippen LogP contribution in [0, 0.1) is 5.82 Å². The number of fused-ring (bicyclic) bond motifs is 3. The lowest BCUT2D eigenvalue weighted by atomic mass is 10.0. The largest absolute Gasteiger partial charge is 0.322 e. The maximum absolute atomic E-state index is 13.8. The van der Waals surface area contributed by atoms with Gasteiger partial charge in [0.05, 0.1) is 16.3 Å². The number of nitrogens with one attached hydrogen (secondary N) is 1. The lowest BCUT2D eigenvalue weighted by Crippen LogP contribution is -2.40. The smallest absolute Gasteiger partial charge is 0.265 e. The van der Waals surface area contributed by atoms with E-state index in [2.05, 4.69) is 5.32 Å². The van der Waals surface area contributed by atoms with E-state index < -0.39 is 28.3 Å². The van der Waals surface area contributed by atoms with Crippen LogP contribution in [0.2, 0.25) is 5.02 Å². The van der Waals surface area contributed by atoms with Crippen molar-refractivity contribution in [3.63, 3.8) is 0 Å². The molecule has 1 heterocycles. The summed E-state index contributed by atoms with van der Waals surface area (Å²) < 4.78 is 41.1. The van der Waals surface area contributed by atoms with Gasteiger partial charge >= 0.3 is 0 Å². The summed E-state index contributed by atoms with van der Waals surface area (Å²) in [6.07, 6.45) is 0. The minimum absolute atomic E-state index is 0.0152. The number of sulfonamides is 1. The number of para-hydroxylation sites is 1. The number of amides is 1. The van der Waals surface area contributed by atoms with Crippen LogP contribution in [0.25, 0.3) is 11.1 Å². The molecule has 8 heteroatoms. The number of nitrogens with zero attached hydrogens (tertiary/aromatic N) is 1. The molecule has 3 aromatic rings. The van der Waals surface area contributed by atoms with Crippen LogP contribution in [0.1, 0.15) is 0 Å². The van der Waals surface area contributed by atoms with Gasteiger partial charge in [0.1, 0.15) is 12.4 Å². The van der Waals surface area contributed by atoms with Crippen molar-refractivity contribution in [2.24, 2.45) is 0 Å². The Labute approximate surface area is 166 Å². The van der Waals surface area contributed by atoms with Gasteiger partial charge < -0.3 is 5.32 Å². The summed E-state index contributed by atoms with van der Waals surface area (Å²) in [4.78, 5) is 12.6. The minimum Gasteiger partial charge on any atom is -0.322 e. The molecule has 0 aromatic heterocycles. The van der Waals surface area contributed by atoms with Crippen molar-refractivity contribution in [1.82, 2.24) is 0 Å². The monoisotopic (exact) mass is 416 g/mol. The molecule has 0 saturated heterocycles. The van der Waals surface area contributed by atoms with Gasteiger partial charge in [-0.25, -0.2) is 12.8 Å². The van der Waals surface area contributed by atoms with Crippen LogP contribution in [0.3, 0.4) is 0 Å². The van der Waals surface area contributed by atoms with E-state index in [1.54, 1.807) is 42.5 Å². The van der Waals surface area contributed by atoms with E-state index in [1.807, 2.05) is 0 Å². The molecule has 142 valence electrons. The van der Waals surface area contributed by atoms with Crippen molar-refractivity contribution in [1.29, 1.82) is 0 Å². The van der Waals surface area contributed by atoms with Gasteiger partial charge in [-0.3, -0.25) is 9.10 Å². The molecule has 1 aliphatic heterocycles. The maximum atomic E-state index is 13.8. The first-order valence-corrected chi connectivity index (χ1v) is 10.2. The summed E-state index contributed by atoms with van der Waals surface area (Å²) in [7, 11) is -3.97. The predicted octanol–water partition coefficient (Wildman–Crippen LogP) is 4.29. The summed E-state index contributed by atoms with van der Waals surface area (Å²) in [6.45, 7) is -0.500. The van der Waals surface area contributed by atoms with Crippen molar-refractivity contribution in [3.8, 4) is 11.1 Å². The van der Waals surface area contributed by atoms with E-state index in [0.29, 0.717) is 21.8 Å². The summed E-state index contributed by atoms with van der Waals surface area (Å²) >= 11 is 6.10. The summed E-state index contributed by atoms with van der Waals surface area (Å²) in [5.41, 5.74) is 1.45. The van der Waals surface area contributed by atoms with Crippen LogP contribution in [0.5, 0.6) is 0 Å². The molecule has 0 unspecified atom stereocenters. The first-order valence-electron chi connectivity index (χ1n) is 8.34. The SMILES string of the molecule is O=C(CN1c2ccc(Cl)cc2-c2ccccc2S1(=O)=O)Nc1ccccc1F. The Morgan fingerprint density at radius 1 is 1.00 bits per heavy atom. The molecule has 0 fully saturated rings. The second-order valence-corrected chi connectivity index (χ2v) is 8.46. The molecule has 1 amide bonds. The Morgan fingerprint density at radius 3 is 2.50 bits per heavy atom. The summed E-state index contributed by atoms with van der Waals surface area (Å²) in [5, 5.41) is 2.86. The van der Waals surface area contributed by atoms with Crippen molar-refractivity contribution in [2.75, 3.05) is 16.2 Å². The lowest BCUT2D eigenvalue weighted by molar-refractivity contribution is -0.114. The van der Waals surface area contributed by atoms with Gasteiger partial charge in [0.2, 0.25) is 5.91 Å². The van der Waals surface area contributed by atoms with Crippen molar-refractivity contribution >= 4 is 38.9 Å². The molecule has 0 saturated carbocycles. The van der Waals surface area contributed by atoms with Crippen molar-refractivity contribution in [3.05, 3.63) is 77.6 Å². The van der Waals surface area contributed by atoms with Crippen LogP contribution in [0.4, 0.5) is 15.8 Å². The number of halogens is 2. The van der Waals surface area contributed by atoms with Crippen LogP contribution < -0.4 is 9.62 Å². The third kappa shape index (κ3) is 3.12. The number of benzene rings is 3. The number of rotatable bonds is 3. The van der Waals surface area contributed by atoms with E-state index in [4.69, 9.17) is 11.6 Å². The van der Waals surface area contributed by atoms with Crippen LogP contribution >= 0.6 is 11.6 Å². The van der Waals surface area contributed by atoms with Crippen LogP contribution in [0.15, 0.2) is 71.6 Å². The second kappa shape index (κ2) is 6.92. The van der Waals surface area contributed by atoms with E-state index in [-0.39, 0.29) is 10.6 Å². The van der Waals surface area contributed by atoms with E-state index in [0.717, 1.165) is 4.31 Å². The molecule has 1 N–H and O–H groups in total.